The largest absolute Gasteiger partial charge is 0.304 e. The minimum absolute atomic E-state index is 0.895. The average Bonchev–Trinajstić information content (AvgIpc) is 2.65. The van der Waals surface area contributed by atoms with Crippen molar-refractivity contribution in [3.05, 3.63) is 48.0 Å². The predicted molar refractivity (Wildman–Crippen MR) is 56.2 cm³/mol. The van der Waals surface area contributed by atoms with E-state index in [1.165, 1.54) is 0 Å². The topological polar surface area (TPSA) is 17.8 Å². The molecule has 2 rings (SSSR count). The molecule has 1 aromatic carbocycles. The second-order valence-electron chi connectivity index (χ2n) is 3.04. The second kappa shape index (κ2) is 3.39. The Morgan fingerprint density at radius 1 is 1.29 bits per heavy atom. The van der Waals surface area contributed by atoms with Crippen LogP contribution in [0.4, 0.5) is 0 Å². The van der Waals surface area contributed by atoms with Crippen molar-refractivity contribution in [1.82, 2.24) is 9.55 Å². The van der Waals surface area contributed by atoms with Crippen LogP contribution < -0.4 is 0 Å². The highest BCUT2D eigenvalue weighted by molar-refractivity contribution is 5.41. The maximum absolute atomic E-state index is 5.28. The van der Waals surface area contributed by atoms with Crippen molar-refractivity contribution >= 4 is 0 Å². The van der Waals surface area contributed by atoms with Gasteiger partial charge in [0.15, 0.2) is 0 Å². The van der Waals surface area contributed by atoms with Crippen LogP contribution in [0.3, 0.4) is 0 Å². The van der Waals surface area contributed by atoms with Gasteiger partial charge in [-0.1, -0.05) is 5.92 Å². The minimum Gasteiger partial charge on any atom is -0.304 e. The van der Waals surface area contributed by atoms with Gasteiger partial charge in [-0.3, -0.25) is 0 Å². The third kappa shape index (κ3) is 1.40. The predicted octanol–water partition coefficient (Wildman–Crippen LogP) is 2.16. The Kier molecular flexibility index (Phi) is 2.08. The van der Waals surface area contributed by atoms with E-state index >= 15 is 0 Å². The van der Waals surface area contributed by atoms with Gasteiger partial charge in [0.1, 0.15) is 5.82 Å². The van der Waals surface area contributed by atoms with Crippen LogP contribution in [0.1, 0.15) is 11.4 Å². The molecule has 0 bridgehead atoms. The van der Waals surface area contributed by atoms with Gasteiger partial charge in [-0.2, -0.15) is 0 Å². The lowest BCUT2D eigenvalue weighted by molar-refractivity contribution is 0.975. The molecule has 2 heteroatoms. The molecule has 0 amide bonds. The van der Waals surface area contributed by atoms with E-state index in [0.29, 0.717) is 0 Å². The zero-order valence-electron chi connectivity index (χ0n) is 7.94. The van der Waals surface area contributed by atoms with Crippen molar-refractivity contribution in [2.75, 3.05) is 0 Å². The van der Waals surface area contributed by atoms with Gasteiger partial charge in [0.2, 0.25) is 0 Å². The zero-order valence-corrected chi connectivity index (χ0v) is 7.94. The first-order chi connectivity index (χ1) is 6.81. The van der Waals surface area contributed by atoms with Crippen LogP contribution in [-0.4, -0.2) is 9.55 Å². The first-order valence-electron chi connectivity index (χ1n) is 4.38. The summed E-state index contributed by atoms with van der Waals surface area (Å²) in [4.78, 5) is 4.16. The van der Waals surface area contributed by atoms with E-state index < -0.39 is 0 Å². The summed E-state index contributed by atoms with van der Waals surface area (Å²) in [7, 11) is 0. The van der Waals surface area contributed by atoms with Crippen molar-refractivity contribution in [3.63, 3.8) is 0 Å². The summed E-state index contributed by atoms with van der Waals surface area (Å²) in [6.07, 6.45) is 8.99. The van der Waals surface area contributed by atoms with Gasteiger partial charge < -0.3 is 4.57 Å². The molecule has 0 aliphatic heterocycles. The molecule has 0 atom stereocenters. The Morgan fingerprint density at radius 3 is 2.50 bits per heavy atom. The summed E-state index contributed by atoms with van der Waals surface area (Å²) in [6.45, 7) is 1.97. The van der Waals surface area contributed by atoms with Crippen LogP contribution in [0.15, 0.2) is 36.7 Å². The van der Waals surface area contributed by atoms with Gasteiger partial charge in [-0.25, -0.2) is 4.98 Å². The lowest BCUT2D eigenvalue weighted by atomic mass is 10.2. The Bertz CT molecular complexity index is 472. The van der Waals surface area contributed by atoms with E-state index in [1.807, 2.05) is 42.0 Å². The summed E-state index contributed by atoms with van der Waals surface area (Å²) in [6, 6.07) is 7.83. The average molecular weight is 182 g/mol. The lowest BCUT2D eigenvalue weighted by Gasteiger charge is -2.04. The van der Waals surface area contributed by atoms with Gasteiger partial charge in [-0.15, -0.1) is 6.42 Å². The fourth-order valence-electron chi connectivity index (χ4n) is 1.37. The quantitative estimate of drug-likeness (QED) is 0.618. The highest BCUT2D eigenvalue weighted by atomic mass is 15.1. The molecular weight excluding hydrogens is 172 g/mol. The lowest BCUT2D eigenvalue weighted by Crippen LogP contribution is -1.94. The van der Waals surface area contributed by atoms with Crippen LogP contribution in [0.25, 0.3) is 5.69 Å². The van der Waals surface area contributed by atoms with E-state index in [0.717, 1.165) is 17.1 Å². The zero-order chi connectivity index (χ0) is 9.97. The summed E-state index contributed by atoms with van der Waals surface area (Å²) in [5.41, 5.74) is 1.98. The first-order valence-corrected chi connectivity index (χ1v) is 4.38. The molecule has 68 valence electrons. The van der Waals surface area contributed by atoms with Crippen LogP contribution in [-0.2, 0) is 0 Å². The Labute approximate surface area is 83.2 Å². The Balaban J connectivity index is 2.45. The number of imidazole rings is 1. The summed E-state index contributed by atoms with van der Waals surface area (Å²) in [5, 5.41) is 0. The number of nitrogens with zero attached hydrogens (tertiary/aromatic N) is 2. The fraction of sp³-hybridized carbons (Fsp3) is 0.0833. The number of rotatable bonds is 1. The smallest absolute Gasteiger partial charge is 0.110 e. The van der Waals surface area contributed by atoms with E-state index in [2.05, 4.69) is 10.9 Å². The molecule has 14 heavy (non-hydrogen) atoms. The molecular formula is C12H10N2. The van der Waals surface area contributed by atoms with Crippen molar-refractivity contribution < 1.29 is 0 Å². The normalized spacial score (nSPS) is 9.71. The van der Waals surface area contributed by atoms with Gasteiger partial charge in [-0.05, 0) is 31.2 Å². The number of aryl methyl sites for hydroxylation is 1. The van der Waals surface area contributed by atoms with Crippen LogP contribution in [0.5, 0.6) is 0 Å². The molecule has 0 spiro atoms. The molecule has 0 aliphatic carbocycles. The highest BCUT2D eigenvalue weighted by Gasteiger charge is 1.98. The van der Waals surface area contributed by atoms with E-state index in [9.17, 15) is 0 Å². The molecule has 2 nitrogen and oxygen atoms in total. The molecule has 0 aliphatic rings. The van der Waals surface area contributed by atoms with Crippen molar-refractivity contribution in [2.24, 2.45) is 0 Å². The van der Waals surface area contributed by atoms with E-state index in [1.54, 1.807) is 6.20 Å². The number of terminal acetylenes is 1. The monoisotopic (exact) mass is 182 g/mol. The van der Waals surface area contributed by atoms with Gasteiger partial charge in [0.25, 0.3) is 0 Å². The van der Waals surface area contributed by atoms with Crippen molar-refractivity contribution in [1.29, 1.82) is 0 Å². The molecule has 0 fully saturated rings. The summed E-state index contributed by atoms with van der Waals surface area (Å²) in [5.74, 6) is 3.56. The third-order valence-electron chi connectivity index (χ3n) is 2.14. The summed E-state index contributed by atoms with van der Waals surface area (Å²) < 4.78 is 2.01. The van der Waals surface area contributed by atoms with Gasteiger partial charge >= 0.3 is 0 Å². The highest BCUT2D eigenvalue weighted by Crippen LogP contribution is 2.10. The summed E-state index contributed by atoms with van der Waals surface area (Å²) >= 11 is 0. The molecule has 2 aromatic rings. The minimum atomic E-state index is 0.895. The van der Waals surface area contributed by atoms with Crippen molar-refractivity contribution in [3.8, 4) is 18.0 Å². The molecule has 0 saturated carbocycles. The number of hydrogen-bond acceptors (Lipinski definition) is 1. The van der Waals surface area contributed by atoms with Crippen molar-refractivity contribution in [2.45, 2.75) is 6.92 Å². The third-order valence-corrected chi connectivity index (χ3v) is 2.14. The number of hydrogen-bond donors (Lipinski definition) is 0. The molecule has 0 unspecified atom stereocenters. The molecule has 0 radical (unpaired) electrons. The van der Waals surface area contributed by atoms with Gasteiger partial charge in [0.05, 0.1) is 0 Å². The maximum atomic E-state index is 5.28. The second-order valence-corrected chi connectivity index (χ2v) is 3.04. The molecule has 0 N–H and O–H groups in total. The van der Waals surface area contributed by atoms with Gasteiger partial charge in [0, 0.05) is 23.6 Å². The standard InChI is InChI=1S/C12H10N2/c1-3-11-4-6-12(7-5-11)14-9-8-13-10(14)2/h1,4-9H,2H3. The fourth-order valence-corrected chi connectivity index (χ4v) is 1.37. The van der Waals surface area contributed by atoms with E-state index in [-0.39, 0.29) is 0 Å². The first kappa shape index (κ1) is 8.58. The number of aromatic nitrogens is 2. The van der Waals surface area contributed by atoms with Crippen LogP contribution in [0, 0.1) is 19.3 Å². The SMILES string of the molecule is C#Cc1ccc(-n2ccnc2C)cc1. The van der Waals surface area contributed by atoms with Crippen LogP contribution >= 0.6 is 0 Å². The Morgan fingerprint density at radius 2 is 2.00 bits per heavy atom. The molecule has 1 heterocycles. The maximum Gasteiger partial charge on any atom is 0.110 e. The Hall–Kier alpha value is -2.01. The van der Waals surface area contributed by atoms with Crippen LogP contribution in [0.2, 0.25) is 0 Å². The molecule has 1 aromatic heterocycles. The van der Waals surface area contributed by atoms with E-state index in [4.69, 9.17) is 6.42 Å². The number of benzene rings is 1. The molecule has 0 saturated heterocycles.